The molecular formula is C16H24N4O. The van der Waals surface area contributed by atoms with E-state index in [-0.39, 0.29) is 18.5 Å². The number of rotatable bonds is 6. The fraction of sp³-hybridized carbons (Fsp3) is 0.500. The number of nitrogens with two attached hydrogens (primary N) is 1. The first-order valence-corrected chi connectivity index (χ1v) is 7.27. The molecule has 3 N–H and O–H groups in total. The van der Waals surface area contributed by atoms with Crippen molar-refractivity contribution >= 4 is 5.91 Å². The Bertz CT molecular complexity index is 514. The number of carbonyl (C=O) groups excluding carboxylic acids is 1. The predicted octanol–water partition coefficient (Wildman–Crippen LogP) is 0.852. The fourth-order valence-corrected chi connectivity index (χ4v) is 2.01. The maximum atomic E-state index is 12.2. The summed E-state index contributed by atoms with van der Waals surface area (Å²) in [7, 11) is 0. The monoisotopic (exact) mass is 288 g/mol. The number of nitrogens with one attached hydrogen (secondary N) is 1. The quantitative estimate of drug-likeness (QED) is 0.761. The lowest BCUT2D eigenvalue weighted by Crippen LogP contribution is -2.42. The van der Waals surface area contributed by atoms with Crippen molar-refractivity contribution in [1.82, 2.24) is 15.2 Å². The minimum Gasteiger partial charge on any atom is -0.348 e. The second-order valence-electron chi connectivity index (χ2n) is 4.83. The van der Waals surface area contributed by atoms with Gasteiger partial charge < -0.3 is 16.0 Å². The maximum Gasteiger partial charge on any atom is 0.253 e. The molecule has 114 valence electrons. The van der Waals surface area contributed by atoms with Gasteiger partial charge >= 0.3 is 0 Å². The highest BCUT2D eigenvalue weighted by molar-refractivity contribution is 5.94. The van der Waals surface area contributed by atoms with Crippen LogP contribution < -0.4 is 11.1 Å². The topological polar surface area (TPSA) is 71.2 Å². The van der Waals surface area contributed by atoms with Gasteiger partial charge in [0.15, 0.2) is 0 Å². The summed E-state index contributed by atoms with van der Waals surface area (Å²) in [5.74, 6) is 5.50. The smallest absolute Gasteiger partial charge is 0.253 e. The van der Waals surface area contributed by atoms with Crippen LogP contribution in [0.5, 0.6) is 0 Å². The molecule has 1 unspecified atom stereocenters. The summed E-state index contributed by atoms with van der Waals surface area (Å²) in [5, 5.41) is 2.99. The van der Waals surface area contributed by atoms with Crippen molar-refractivity contribution in [2.75, 3.05) is 26.2 Å². The molecule has 1 aromatic rings. The van der Waals surface area contributed by atoms with Crippen LogP contribution in [-0.4, -0.2) is 48.0 Å². The number of hydrogen-bond donors (Lipinski definition) is 2. The molecule has 0 aliphatic carbocycles. The molecule has 0 radical (unpaired) electrons. The normalized spacial score (nSPS) is 11.7. The van der Waals surface area contributed by atoms with Gasteiger partial charge in [-0.1, -0.05) is 25.7 Å². The third-order valence-electron chi connectivity index (χ3n) is 3.14. The third-order valence-corrected chi connectivity index (χ3v) is 3.14. The van der Waals surface area contributed by atoms with Gasteiger partial charge in [0.2, 0.25) is 0 Å². The zero-order chi connectivity index (χ0) is 15.7. The van der Waals surface area contributed by atoms with Crippen molar-refractivity contribution in [3.8, 4) is 11.8 Å². The van der Waals surface area contributed by atoms with Gasteiger partial charge in [-0.3, -0.25) is 9.78 Å². The number of hydrogen-bond acceptors (Lipinski definition) is 4. The van der Waals surface area contributed by atoms with Crippen molar-refractivity contribution < 1.29 is 4.79 Å². The van der Waals surface area contributed by atoms with Gasteiger partial charge in [0.05, 0.1) is 12.1 Å². The average molecular weight is 288 g/mol. The van der Waals surface area contributed by atoms with Crippen molar-refractivity contribution in [2.45, 2.75) is 26.8 Å². The molecule has 1 amide bonds. The van der Waals surface area contributed by atoms with E-state index in [0.29, 0.717) is 11.1 Å². The Hall–Kier alpha value is -1.90. The first-order chi connectivity index (χ1) is 10.1. The summed E-state index contributed by atoms with van der Waals surface area (Å²) in [6.45, 7) is 9.30. The number of aromatic nitrogens is 1. The first kappa shape index (κ1) is 17.2. The number of nitrogens with zero attached hydrogens (tertiary/aromatic N) is 2. The van der Waals surface area contributed by atoms with Crippen LogP contribution >= 0.6 is 0 Å². The number of amides is 1. The Morgan fingerprint density at radius 1 is 1.43 bits per heavy atom. The molecule has 21 heavy (non-hydrogen) atoms. The molecule has 0 aromatic carbocycles. The van der Waals surface area contributed by atoms with Gasteiger partial charge in [-0.15, -0.1) is 0 Å². The molecule has 1 aromatic heterocycles. The predicted molar refractivity (Wildman–Crippen MR) is 84.9 cm³/mol. The lowest BCUT2D eigenvalue weighted by atomic mass is 10.2. The Labute approximate surface area is 126 Å². The number of pyridine rings is 1. The second kappa shape index (κ2) is 9.11. The van der Waals surface area contributed by atoms with E-state index in [2.05, 4.69) is 40.9 Å². The first-order valence-electron chi connectivity index (χ1n) is 7.27. The highest BCUT2D eigenvalue weighted by atomic mass is 16.1. The van der Waals surface area contributed by atoms with Crippen molar-refractivity contribution in [3.05, 3.63) is 29.6 Å². The number of likely N-dealkylation sites (N-methyl/N-ethyl adjacent to an activating group) is 1. The molecule has 1 rings (SSSR count). The minimum absolute atomic E-state index is 0.0798. The summed E-state index contributed by atoms with van der Waals surface area (Å²) in [6.07, 6.45) is 3.17. The molecule has 0 saturated heterocycles. The van der Waals surface area contributed by atoms with E-state index < -0.39 is 0 Å². The molecule has 0 aliphatic rings. The summed E-state index contributed by atoms with van der Waals surface area (Å²) in [5.41, 5.74) is 6.55. The van der Waals surface area contributed by atoms with E-state index in [9.17, 15) is 4.79 Å². The van der Waals surface area contributed by atoms with E-state index in [1.807, 2.05) is 6.92 Å². The van der Waals surface area contributed by atoms with Crippen LogP contribution in [0.1, 0.15) is 36.7 Å². The van der Waals surface area contributed by atoms with Crippen LogP contribution in [0.3, 0.4) is 0 Å². The zero-order valence-electron chi connectivity index (χ0n) is 13.0. The van der Waals surface area contributed by atoms with E-state index in [1.54, 1.807) is 18.5 Å². The molecule has 0 fully saturated rings. The largest absolute Gasteiger partial charge is 0.348 e. The molecule has 0 aliphatic heterocycles. The van der Waals surface area contributed by atoms with E-state index in [1.165, 1.54) is 0 Å². The van der Waals surface area contributed by atoms with Crippen molar-refractivity contribution in [2.24, 2.45) is 5.73 Å². The maximum absolute atomic E-state index is 12.2. The highest BCUT2D eigenvalue weighted by Gasteiger charge is 2.12. The van der Waals surface area contributed by atoms with Gasteiger partial charge in [-0.05, 0) is 26.1 Å². The van der Waals surface area contributed by atoms with Gasteiger partial charge in [-0.25, -0.2) is 0 Å². The summed E-state index contributed by atoms with van der Waals surface area (Å²) < 4.78 is 0. The lowest BCUT2D eigenvalue weighted by molar-refractivity contribution is 0.0930. The molecule has 0 bridgehead atoms. The van der Waals surface area contributed by atoms with E-state index in [0.717, 1.165) is 19.6 Å². The van der Waals surface area contributed by atoms with Gasteiger partial charge in [0.1, 0.15) is 0 Å². The number of carbonyl (C=O) groups is 1. The van der Waals surface area contributed by atoms with E-state index in [4.69, 9.17) is 5.73 Å². The highest BCUT2D eigenvalue weighted by Crippen LogP contribution is 2.02. The SMILES string of the molecule is CCN(CC)CC(C)NC(=O)c1cncc(C#CCN)c1. The summed E-state index contributed by atoms with van der Waals surface area (Å²) >= 11 is 0. The van der Waals surface area contributed by atoms with Crippen LogP contribution in [0.25, 0.3) is 0 Å². The lowest BCUT2D eigenvalue weighted by Gasteiger charge is -2.23. The third kappa shape index (κ3) is 5.94. The van der Waals surface area contributed by atoms with Gasteiger partial charge in [0.25, 0.3) is 5.91 Å². The van der Waals surface area contributed by atoms with Gasteiger partial charge in [0, 0.05) is 30.5 Å². The Morgan fingerprint density at radius 3 is 2.76 bits per heavy atom. The fourth-order valence-electron chi connectivity index (χ4n) is 2.01. The Kier molecular flexibility index (Phi) is 7.44. The molecular weight excluding hydrogens is 264 g/mol. The van der Waals surface area contributed by atoms with Crippen molar-refractivity contribution in [3.63, 3.8) is 0 Å². The van der Waals surface area contributed by atoms with Crippen LogP contribution in [0.4, 0.5) is 0 Å². The van der Waals surface area contributed by atoms with Gasteiger partial charge in [-0.2, -0.15) is 0 Å². The molecule has 1 atom stereocenters. The van der Waals surface area contributed by atoms with Crippen molar-refractivity contribution in [1.29, 1.82) is 0 Å². The van der Waals surface area contributed by atoms with Crippen LogP contribution in [0.2, 0.25) is 0 Å². The molecule has 0 saturated carbocycles. The molecule has 5 heteroatoms. The zero-order valence-corrected chi connectivity index (χ0v) is 13.0. The Morgan fingerprint density at radius 2 is 2.14 bits per heavy atom. The second-order valence-corrected chi connectivity index (χ2v) is 4.83. The average Bonchev–Trinajstić information content (AvgIpc) is 2.50. The molecule has 1 heterocycles. The van der Waals surface area contributed by atoms with E-state index >= 15 is 0 Å². The summed E-state index contributed by atoms with van der Waals surface area (Å²) in [4.78, 5) is 18.5. The standard InChI is InChI=1S/C16H24N4O/c1-4-20(5-2)12-13(3)19-16(21)15-9-14(7-6-8-17)10-18-11-15/h9-11,13H,4-5,8,12,17H2,1-3H3,(H,19,21). The summed E-state index contributed by atoms with van der Waals surface area (Å²) in [6, 6.07) is 1.81. The Balaban J connectivity index is 2.66. The molecule has 0 spiro atoms. The van der Waals surface area contributed by atoms with Crippen LogP contribution in [-0.2, 0) is 0 Å². The molecule has 5 nitrogen and oxygen atoms in total. The minimum atomic E-state index is -0.126. The van der Waals surface area contributed by atoms with Crippen LogP contribution in [0.15, 0.2) is 18.5 Å². The van der Waals surface area contributed by atoms with Crippen LogP contribution in [0, 0.1) is 11.8 Å².